The number of furan rings is 1. The van der Waals surface area contributed by atoms with Gasteiger partial charge in [0.25, 0.3) is 5.91 Å². The first-order valence-electron chi connectivity index (χ1n) is 9.91. The highest BCUT2D eigenvalue weighted by Crippen LogP contribution is 2.24. The number of aliphatic hydroxyl groups excluding tert-OH is 1. The van der Waals surface area contributed by atoms with Gasteiger partial charge in [-0.25, -0.2) is 0 Å². The summed E-state index contributed by atoms with van der Waals surface area (Å²) in [6.07, 6.45) is 2.12. The molecule has 3 aromatic rings. The number of ether oxygens (including phenoxy) is 1. The predicted octanol–water partition coefficient (Wildman–Crippen LogP) is 3.08. The van der Waals surface area contributed by atoms with E-state index in [1.807, 2.05) is 55.6 Å². The van der Waals surface area contributed by atoms with Gasteiger partial charge in [0.05, 0.1) is 18.4 Å². The molecule has 29 heavy (non-hydrogen) atoms. The number of rotatable bonds is 7. The molecule has 6 nitrogen and oxygen atoms in total. The fraction of sp³-hybridized carbons (Fsp3) is 0.348. The third kappa shape index (κ3) is 4.60. The fourth-order valence-electron chi connectivity index (χ4n) is 3.79. The molecule has 152 valence electrons. The Morgan fingerprint density at radius 1 is 1.28 bits per heavy atom. The molecule has 1 unspecified atom stereocenters. The number of aliphatic hydroxyl groups is 1. The van der Waals surface area contributed by atoms with E-state index in [1.165, 1.54) is 0 Å². The Kier molecular flexibility index (Phi) is 5.83. The molecular formula is C23H26N2O4. The van der Waals surface area contributed by atoms with E-state index in [4.69, 9.17) is 9.15 Å². The Morgan fingerprint density at radius 2 is 2.10 bits per heavy atom. The molecule has 1 N–H and O–H groups in total. The zero-order chi connectivity index (χ0) is 20.2. The quantitative estimate of drug-likeness (QED) is 0.667. The smallest absolute Gasteiger partial charge is 0.260 e. The lowest BCUT2D eigenvalue weighted by Crippen LogP contribution is -2.40. The van der Waals surface area contributed by atoms with E-state index in [0.29, 0.717) is 18.8 Å². The van der Waals surface area contributed by atoms with E-state index in [9.17, 15) is 9.90 Å². The number of amides is 1. The fourth-order valence-corrected chi connectivity index (χ4v) is 3.79. The molecule has 1 saturated heterocycles. The van der Waals surface area contributed by atoms with Gasteiger partial charge in [0.15, 0.2) is 6.61 Å². The van der Waals surface area contributed by atoms with Crippen LogP contribution >= 0.6 is 0 Å². The highest BCUT2D eigenvalue weighted by Gasteiger charge is 2.28. The Hall–Kier alpha value is -2.83. The summed E-state index contributed by atoms with van der Waals surface area (Å²) in [7, 11) is 1.81. The third-order valence-corrected chi connectivity index (χ3v) is 5.51. The molecule has 0 bridgehead atoms. The molecule has 6 heteroatoms. The highest BCUT2D eigenvalue weighted by atomic mass is 16.5. The summed E-state index contributed by atoms with van der Waals surface area (Å²) in [6, 6.07) is 17.3. The van der Waals surface area contributed by atoms with Crippen LogP contribution in [0.15, 0.2) is 65.3 Å². The minimum atomic E-state index is -0.285. The van der Waals surface area contributed by atoms with Gasteiger partial charge in [-0.3, -0.25) is 9.69 Å². The maximum atomic E-state index is 12.9. The summed E-state index contributed by atoms with van der Waals surface area (Å²) in [5, 5.41) is 10.8. The normalized spacial score (nSPS) is 18.1. The molecule has 0 aliphatic carbocycles. The SMILES string of the molecule is CN(C(=O)COc1ccc2ccoc2c1)C(CN1CC[C@H](O)C1)c1ccccc1. The first kappa shape index (κ1) is 19.5. The van der Waals surface area contributed by atoms with Crippen molar-refractivity contribution >= 4 is 16.9 Å². The molecule has 2 aromatic carbocycles. The number of β-amino-alcohol motifs (C(OH)–C–C–N with tert-alkyl or cyclic N) is 1. The second kappa shape index (κ2) is 8.68. The first-order valence-corrected chi connectivity index (χ1v) is 9.91. The van der Waals surface area contributed by atoms with Crippen LogP contribution in [0.2, 0.25) is 0 Å². The van der Waals surface area contributed by atoms with E-state index >= 15 is 0 Å². The number of benzene rings is 2. The number of likely N-dealkylation sites (N-methyl/N-ethyl adjacent to an activating group) is 1. The molecule has 2 atom stereocenters. The van der Waals surface area contributed by atoms with Crippen LogP contribution < -0.4 is 4.74 Å². The van der Waals surface area contributed by atoms with Gasteiger partial charge in [0, 0.05) is 38.1 Å². The molecule has 1 aliphatic heterocycles. The molecule has 4 rings (SSSR count). The van der Waals surface area contributed by atoms with Crippen molar-refractivity contribution in [1.29, 1.82) is 0 Å². The van der Waals surface area contributed by atoms with Gasteiger partial charge in [-0.1, -0.05) is 30.3 Å². The van der Waals surface area contributed by atoms with Crippen LogP contribution in [0.4, 0.5) is 0 Å². The lowest BCUT2D eigenvalue weighted by molar-refractivity contribution is -0.134. The van der Waals surface area contributed by atoms with Gasteiger partial charge in [-0.2, -0.15) is 0 Å². The monoisotopic (exact) mass is 394 g/mol. The van der Waals surface area contributed by atoms with Crippen molar-refractivity contribution in [3.8, 4) is 5.75 Å². The van der Waals surface area contributed by atoms with Crippen LogP contribution in [0, 0.1) is 0 Å². The van der Waals surface area contributed by atoms with Crippen molar-refractivity contribution in [2.45, 2.75) is 18.6 Å². The van der Waals surface area contributed by atoms with Crippen molar-refractivity contribution < 1.29 is 19.1 Å². The van der Waals surface area contributed by atoms with Crippen molar-refractivity contribution in [3.63, 3.8) is 0 Å². The minimum absolute atomic E-state index is 0.0470. The van der Waals surface area contributed by atoms with Gasteiger partial charge >= 0.3 is 0 Å². The van der Waals surface area contributed by atoms with Crippen LogP contribution in [0.5, 0.6) is 5.75 Å². The topological polar surface area (TPSA) is 66.2 Å². The van der Waals surface area contributed by atoms with Crippen molar-refractivity contribution in [2.24, 2.45) is 0 Å². The van der Waals surface area contributed by atoms with Gasteiger partial charge in [-0.15, -0.1) is 0 Å². The number of hydrogen-bond acceptors (Lipinski definition) is 5. The average molecular weight is 394 g/mol. The number of carbonyl (C=O) groups is 1. The van der Waals surface area contributed by atoms with Crippen LogP contribution in [-0.2, 0) is 4.79 Å². The Morgan fingerprint density at radius 3 is 2.86 bits per heavy atom. The number of hydrogen-bond donors (Lipinski definition) is 1. The maximum absolute atomic E-state index is 12.9. The number of fused-ring (bicyclic) bond motifs is 1. The molecule has 0 saturated carbocycles. The zero-order valence-electron chi connectivity index (χ0n) is 16.5. The standard InChI is InChI=1S/C23H26N2O4/c1-24(23(27)16-29-20-8-7-18-10-12-28-22(18)13-20)21(17-5-3-2-4-6-17)15-25-11-9-19(26)14-25/h2-8,10,12-13,19,21,26H,9,11,14-16H2,1H3/t19-,21?/m0/s1. The second-order valence-electron chi connectivity index (χ2n) is 7.54. The minimum Gasteiger partial charge on any atom is -0.484 e. The summed E-state index contributed by atoms with van der Waals surface area (Å²) >= 11 is 0. The molecule has 1 aliphatic rings. The Bertz CT molecular complexity index is 956. The molecular weight excluding hydrogens is 368 g/mol. The van der Waals surface area contributed by atoms with Gasteiger partial charge < -0.3 is 19.2 Å². The van der Waals surface area contributed by atoms with Crippen molar-refractivity contribution in [3.05, 3.63) is 66.4 Å². The molecule has 0 spiro atoms. The predicted molar refractivity (Wildman–Crippen MR) is 111 cm³/mol. The average Bonchev–Trinajstić information content (AvgIpc) is 3.38. The summed E-state index contributed by atoms with van der Waals surface area (Å²) in [5.41, 5.74) is 1.81. The van der Waals surface area contributed by atoms with E-state index in [2.05, 4.69) is 4.90 Å². The summed E-state index contributed by atoms with van der Waals surface area (Å²) in [4.78, 5) is 16.8. The molecule has 1 amide bonds. The molecule has 1 aromatic heterocycles. The summed E-state index contributed by atoms with van der Waals surface area (Å²) in [5.74, 6) is 0.506. The van der Waals surface area contributed by atoms with Gasteiger partial charge in [0.1, 0.15) is 11.3 Å². The van der Waals surface area contributed by atoms with E-state index < -0.39 is 0 Å². The largest absolute Gasteiger partial charge is 0.484 e. The lowest BCUT2D eigenvalue weighted by Gasteiger charge is -2.32. The maximum Gasteiger partial charge on any atom is 0.260 e. The van der Waals surface area contributed by atoms with E-state index in [-0.39, 0.29) is 24.7 Å². The summed E-state index contributed by atoms with van der Waals surface area (Å²) in [6.45, 7) is 2.12. The molecule has 2 heterocycles. The Balaban J connectivity index is 1.44. The first-order chi connectivity index (χ1) is 14.1. The van der Waals surface area contributed by atoms with E-state index in [1.54, 1.807) is 17.2 Å². The van der Waals surface area contributed by atoms with Crippen molar-refractivity contribution in [1.82, 2.24) is 9.80 Å². The second-order valence-corrected chi connectivity index (χ2v) is 7.54. The molecule has 0 radical (unpaired) electrons. The van der Waals surface area contributed by atoms with E-state index in [0.717, 1.165) is 29.5 Å². The van der Waals surface area contributed by atoms with Crippen LogP contribution in [-0.4, -0.2) is 60.2 Å². The van der Waals surface area contributed by atoms with Crippen LogP contribution in [0.1, 0.15) is 18.0 Å². The van der Waals surface area contributed by atoms with Crippen LogP contribution in [0.25, 0.3) is 11.0 Å². The van der Waals surface area contributed by atoms with Gasteiger partial charge in [-0.05, 0) is 30.2 Å². The Labute approximate surface area is 170 Å². The van der Waals surface area contributed by atoms with Gasteiger partial charge in [0.2, 0.25) is 0 Å². The number of likely N-dealkylation sites (tertiary alicyclic amines) is 1. The number of nitrogens with zero attached hydrogens (tertiary/aromatic N) is 2. The number of carbonyl (C=O) groups excluding carboxylic acids is 1. The van der Waals surface area contributed by atoms with Crippen LogP contribution in [0.3, 0.4) is 0 Å². The van der Waals surface area contributed by atoms with Crippen molar-refractivity contribution in [2.75, 3.05) is 33.3 Å². The summed E-state index contributed by atoms with van der Waals surface area (Å²) < 4.78 is 11.1. The third-order valence-electron chi connectivity index (χ3n) is 5.51. The lowest BCUT2D eigenvalue weighted by atomic mass is 10.0. The zero-order valence-corrected chi connectivity index (χ0v) is 16.5. The molecule has 1 fully saturated rings. The highest BCUT2D eigenvalue weighted by molar-refractivity contribution is 5.80.